The molecule has 0 bridgehead atoms. The molecule has 29 heavy (non-hydrogen) atoms. The Morgan fingerprint density at radius 1 is 1.24 bits per heavy atom. The Balaban J connectivity index is 1.68. The third-order valence-electron chi connectivity index (χ3n) is 5.61. The van der Waals surface area contributed by atoms with Gasteiger partial charge in [0.05, 0.1) is 11.7 Å². The molecule has 1 fully saturated rings. The Hall–Kier alpha value is -3.12. The Labute approximate surface area is 168 Å². The van der Waals surface area contributed by atoms with E-state index < -0.39 is 0 Å². The number of H-pyrrole nitrogens is 1. The number of aromatic amines is 1. The van der Waals surface area contributed by atoms with Gasteiger partial charge in [-0.3, -0.25) is 9.20 Å². The van der Waals surface area contributed by atoms with Crippen LogP contribution in [0.15, 0.2) is 47.3 Å². The lowest BCUT2D eigenvalue weighted by Crippen LogP contribution is -2.20. The fraction of sp³-hybridized carbons (Fsp3) is 0.304. The summed E-state index contributed by atoms with van der Waals surface area (Å²) in [5, 5.41) is 4.53. The van der Waals surface area contributed by atoms with Gasteiger partial charge in [-0.05, 0) is 62.4 Å². The summed E-state index contributed by atoms with van der Waals surface area (Å²) in [5.74, 6) is 0.839. The minimum Gasteiger partial charge on any atom is -0.376 e. The van der Waals surface area contributed by atoms with E-state index in [0.29, 0.717) is 17.8 Å². The molecule has 1 aliphatic rings. The summed E-state index contributed by atoms with van der Waals surface area (Å²) in [4.78, 5) is 20.8. The van der Waals surface area contributed by atoms with Gasteiger partial charge >= 0.3 is 0 Å². The van der Waals surface area contributed by atoms with E-state index in [2.05, 4.69) is 20.8 Å². The predicted octanol–water partition coefficient (Wildman–Crippen LogP) is 4.05. The number of hydrogen-bond donors (Lipinski definition) is 2. The zero-order valence-corrected chi connectivity index (χ0v) is 16.7. The predicted molar refractivity (Wildman–Crippen MR) is 116 cm³/mol. The van der Waals surface area contributed by atoms with E-state index in [-0.39, 0.29) is 11.7 Å². The molecule has 4 heterocycles. The first-order chi connectivity index (χ1) is 14.1. The Morgan fingerprint density at radius 3 is 2.97 bits per heavy atom. The molecule has 5 rings (SSSR count). The molecule has 3 aromatic heterocycles. The first kappa shape index (κ1) is 17.9. The van der Waals surface area contributed by atoms with Gasteiger partial charge in [0.2, 0.25) is 0 Å². The molecule has 0 radical (unpaired) electrons. The number of rotatable bonds is 4. The lowest BCUT2D eigenvalue weighted by atomic mass is 10.1. The molecule has 1 unspecified atom stereocenters. The van der Waals surface area contributed by atoms with Crippen molar-refractivity contribution in [2.75, 3.05) is 18.5 Å². The first-order valence-corrected chi connectivity index (χ1v) is 10.1. The summed E-state index contributed by atoms with van der Waals surface area (Å²) >= 11 is 0. The molecule has 4 aromatic rings. The summed E-state index contributed by atoms with van der Waals surface area (Å²) in [5.41, 5.74) is 4.96. The molecule has 0 aliphatic carbocycles. The Kier molecular flexibility index (Phi) is 4.36. The van der Waals surface area contributed by atoms with Crippen molar-refractivity contribution < 1.29 is 4.74 Å². The summed E-state index contributed by atoms with van der Waals surface area (Å²) in [7, 11) is 0. The number of benzene rings is 1. The fourth-order valence-electron chi connectivity index (χ4n) is 4.12. The molecule has 1 atom stereocenters. The number of hydrogen-bond acceptors (Lipinski definition) is 4. The minimum atomic E-state index is -0.137. The fourth-order valence-corrected chi connectivity index (χ4v) is 4.12. The van der Waals surface area contributed by atoms with Crippen LogP contribution in [0, 0.1) is 13.8 Å². The van der Waals surface area contributed by atoms with Gasteiger partial charge in [0.25, 0.3) is 5.56 Å². The maximum Gasteiger partial charge on any atom is 0.258 e. The zero-order valence-electron chi connectivity index (χ0n) is 16.7. The summed E-state index contributed by atoms with van der Waals surface area (Å²) < 4.78 is 7.85. The van der Waals surface area contributed by atoms with E-state index in [1.54, 1.807) is 0 Å². The number of aromatic nitrogens is 3. The van der Waals surface area contributed by atoms with E-state index >= 15 is 0 Å². The van der Waals surface area contributed by atoms with Crippen molar-refractivity contribution >= 4 is 22.4 Å². The van der Waals surface area contributed by atoms with Crippen LogP contribution >= 0.6 is 0 Å². The van der Waals surface area contributed by atoms with E-state index in [4.69, 9.17) is 9.72 Å². The van der Waals surface area contributed by atoms with Crippen LogP contribution in [0.1, 0.15) is 24.1 Å². The van der Waals surface area contributed by atoms with Gasteiger partial charge in [-0.2, -0.15) is 0 Å². The quantitative estimate of drug-likeness (QED) is 0.553. The molecule has 1 aromatic carbocycles. The highest BCUT2D eigenvalue weighted by Gasteiger charge is 2.21. The van der Waals surface area contributed by atoms with Gasteiger partial charge < -0.3 is 15.0 Å². The van der Waals surface area contributed by atoms with Crippen molar-refractivity contribution in [2.45, 2.75) is 32.8 Å². The van der Waals surface area contributed by atoms with Crippen molar-refractivity contribution in [1.82, 2.24) is 14.4 Å². The Bertz CT molecular complexity index is 1270. The molecular weight excluding hydrogens is 364 g/mol. The summed E-state index contributed by atoms with van der Waals surface area (Å²) in [6.07, 6.45) is 2.33. The number of anilines is 1. The SMILES string of the molecule is Cc1ccc2[nH]c(=O)c(-c3nc4cccc(C)n4c3NCC3CCCO3)cc2c1. The van der Waals surface area contributed by atoms with Crippen molar-refractivity contribution in [3.05, 3.63) is 64.1 Å². The molecule has 2 N–H and O–H groups in total. The molecule has 0 saturated carbocycles. The van der Waals surface area contributed by atoms with Crippen LogP contribution in [0.2, 0.25) is 0 Å². The van der Waals surface area contributed by atoms with E-state index in [0.717, 1.165) is 53.1 Å². The molecule has 6 nitrogen and oxygen atoms in total. The standard InChI is InChI=1S/C23H24N4O2/c1-14-8-9-19-16(11-14)12-18(23(28)25-19)21-22(24-13-17-6-4-10-29-17)27-15(2)5-3-7-20(27)26-21/h3,5,7-9,11-12,17,24H,4,6,10,13H2,1-2H3,(H,25,28). The summed E-state index contributed by atoms with van der Waals surface area (Å²) in [6.45, 7) is 5.60. The van der Waals surface area contributed by atoms with Crippen molar-refractivity contribution in [1.29, 1.82) is 0 Å². The van der Waals surface area contributed by atoms with Crippen molar-refractivity contribution in [3.8, 4) is 11.3 Å². The minimum absolute atomic E-state index is 0.137. The second kappa shape index (κ2) is 7.04. The molecular formula is C23H24N4O2. The lowest BCUT2D eigenvalue weighted by Gasteiger charge is -2.14. The second-order valence-corrected chi connectivity index (χ2v) is 7.79. The van der Waals surface area contributed by atoms with Gasteiger partial charge in [-0.25, -0.2) is 4.98 Å². The average molecular weight is 388 g/mol. The highest BCUT2D eigenvalue weighted by atomic mass is 16.5. The third kappa shape index (κ3) is 3.19. The van der Waals surface area contributed by atoms with E-state index in [1.807, 2.05) is 50.2 Å². The average Bonchev–Trinajstić information content (AvgIpc) is 3.34. The third-order valence-corrected chi connectivity index (χ3v) is 5.61. The van der Waals surface area contributed by atoms with Crippen LogP contribution in [-0.4, -0.2) is 33.6 Å². The van der Waals surface area contributed by atoms with E-state index in [9.17, 15) is 4.79 Å². The van der Waals surface area contributed by atoms with Crippen LogP contribution in [0.3, 0.4) is 0 Å². The number of nitrogens with one attached hydrogen (secondary N) is 2. The van der Waals surface area contributed by atoms with Gasteiger partial charge in [0.1, 0.15) is 17.2 Å². The van der Waals surface area contributed by atoms with Gasteiger partial charge in [-0.15, -0.1) is 0 Å². The monoisotopic (exact) mass is 388 g/mol. The molecule has 0 amide bonds. The molecule has 0 spiro atoms. The van der Waals surface area contributed by atoms with E-state index in [1.165, 1.54) is 0 Å². The van der Waals surface area contributed by atoms with Crippen LogP contribution in [-0.2, 0) is 4.74 Å². The zero-order chi connectivity index (χ0) is 20.0. The van der Waals surface area contributed by atoms with Crippen LogP contribution < -0.4 is 10.9 Å². The van der Waals surface area contributed by atoms with Crippen LogP contribution in [0.4, 0.5) is 5.82 Å². The normalized spacial score (nSPS) is 16.7. The molecule has 6 heteroatoms. The van der Waals surface area contributed by atoms with Crippen molar-refractivity contribution in [2.24, 2.45) is 0 Å². The number of nitrogens with zero attached hydrogens (tertiary/aromatic N) is 2. The number of pyridine rings is 2. The van der Waals surface area contributed by atoms with Gasteiger partial charge in [0, 0.05) is 24.4 Å². The van der Waals surface area contributed by atoms with Crippen LogP contribution in [0.25, 0.3) is 27.8 Å². The topological polar surface area (TPSA) is 71.4 Å². The smallest absolute Gasteiger partial charge is 0.258 e. The maximum atomic E-state index is 12.9. The lowest BCUT2D eigenvalue weighted by molar-refractivity contribution is 0.120. The highest BCUT2D eigenvalue weighted by molar-refractivity contribution is 5.86. The second-order valence-electron chi connectivity index (χ2n) is 7.79. The molecule has 148 valence electrons. The maximum absolute atomic E-state index is 12.9. The largest absolute Gasteiger partial charge is 0.376 e. The number of fused-ring (bicyclic) bond motifs is 2. The molecule has 1 aliphatic heterocycles. The van der Waals surface area contributed by atoms with Gasteiger partial charge in [-0.1, -0.05) is 17.7 Å². The van der Waals surface area contributed by atoms with Gasteiger partial charge in [0.15, 0.2) is 0 Å². The molecule has 1 saturated heterocycles. The summed E-state index contributed by atoms with van der Waals surface area (Å²) in [6, 6.07) is 14.0. The van der Waals surface area contributed by atoms with Crippen LogP contribution in [0.5, 0.6) is 0 Å². The number of aryl methyl sites for hydroxylation is 2. The Morgan fingerprint density at radius 2 is 2.14 bits per heavy atom. The first-order valence-electron chi connectivity index (χ1n) is 10.1. The highest BCUT2D eigenvalue weighted by Crippen LogP contribution is 2.30. The number of imidazole rings is 1. The number of ether oxygens (including phenoxy) is 1. The van der Waals surface area contributed by atoms with Crippen molar-refractivity contribution in [3.63, 3.8) is 0 Å².